The van der Waals surface area contributed by atoms with Crippen LogP contribution in [0.3, 0.4) is 0 Å². The first-order valence-corrected chi connectivity index (χ1v) is 14.1. The molecule has 0 saturated carbocycles. The number of nitriles is 1. The molecule has 0 unspecified atom stereocenters. The lowest BCUT2D eigenvalue weighted by Crippen LogP contribution is -2.00. The van der Waals surface area contributed by atoms with Gasteiger partial charge in [0.2, 0.25) is 0 Å². The molecular weight excluding hydrogens is 538 g/mol. The third-order valence-corrected chi connectivity index (χ3v) is 7.53. The van der Waals surface area contributed by atoms with Crippen molar-refractivity contribution >= 4 is 16.5 Å². The quantitative estimate of drug-likeness (QED) is 0.196. The van der Waals surface area contributed by atoms with Crippen LogP contribution in [0.2, 0.25) is 0 Å². The van der Waals surface area contributed by atoms with E-state index in [4.69, 9.17) is 21.5 Å². The summed E-state index contributed by atoms with van der Waals surface area (Å²) in [5, 5.41) is 11.6. The van der Waals surface area contributed by atoms with E-state index in [1.54, 1.807) is 6.07 Å². The second-order valence-electron chi connectivity index (χ2n) is 10.4. The highest BCUT2D eigenvalue weighted by atomic mass is 15.0. The molecule has 44 heavy (non-hydrogen) atoms. The van der Waals surface area contributed by atoms with Crippen molar-refractivity contribution in [1.82, 2.24) is 15.0 Å². The third kappa shape index (κ3) is 5.30. The molecule has 6 aromatic carbocycles. The Morgan fingerprint density at radius 3 is 1.41 bits per heavy atom. The minimum absolute atomic E-state index is 0.461. The Hall–Kier alpha value is -6.43. The number of rotatable bonds is 5. The van der Waals surface area contributed by atoms with Crippen LogP contribution < -0.4 is 0 Å². The molecule has 0 aliphatic carbocycles. The topological polar surface area (TPSA) is 66.8 Å². The van der Waals surface area contributed by atoms with E-state index in [1.807, 2.05) is 78.9 Å². The average molecular weight is 562 g/mol. The second-order valence-corrected chi connectivity index (χ2v) is 10.4. The highest BCUT2D eigenvalue weighted by Gasteiger charge is 2.12. The molecule has 0 aliphatic heterocycles. The summed E-state index contributed by atoms with van der Waals surface area (Å²) in [5.74, 6) is 1.89. The molecule has 0 aliphatic rings. The maximum Gasteiger partial charge on any atom is 0.189 e. The highest BCUT2D eigenvalue weighted by molar-refractivity contribution is 5.91. The van der Waals surface area contributed by atoms with Gasteiger partial charge < -0.3 is 0 Å². The predicted molar refractivity (Wildman–Crippen MR) is 175 cm³/mol. The molecule has 1 aromatic heterocycles. The number of hydrogen-bond acceptors (Lipinski definition) is 4. The van der Waals surface area contributed by atoms with E-state index in [-0.39, 0.29) is 0 Å². The first-order valence-electron chi connectivity index (χ1n) is 14.1. The van der Waals surface area contributed by atoms with Gasteiger partial charge >= 0.3 is 0 Å². The van der Waals surface area contributed by atoms with Crippen molar-refractivity contribution in [3.63, 3.8) is 0 Å². The van der Waals surface area contributed by atoms with Gasteiger partial charge in [0, 0.05) is 22.3 Å². The Balaban J connectivity index is 1.22. The lowest BCUT2D eigenvalue weighted by Gasteiger charge is -2.10. The minimum atomic E-state index is 0.461. The maximum absolute atomic E-state index is 9.38. The highest BCUT2D eigenvalue weighted by Crippen LogP contribution is 2.32. The van der Waals surface area contributed by atoms with Crippen molar-refractivity contribution in [1.29, 1.82) is 5.26 Å². The van der Waals surface area contributed by atoms with E-state index < -0.39 is 0 Å². The minimum Gasteiger partial charge on any atom is -0.238 e. The predicted octanol–water partition coefficient (Wildman–Crippen LogP) is 9.78. The summed E-state index contributed by atoms with van der Waals surface area (Å²) in [4.78, 5) is 18.0. The van der Waals surface area contributed by atoms with Crippen LogP contribution in [0.1, 0.15) is 5.56 Å². The van der Waals surface area contributed by atoms with Gasteiger partial charge in [0.15, 0.2) is 23.2 Å². The number of benzene rings is 6. The summed E-state index contributed by atoms with van der Waals surface area (Å²) < 4.78 is 0. The fraction of sp³-hybridized carbons (Fsp3) is 0. The van der Waals surface area contributed by atoms with Crippen LogP contribution in [-0.2, 0) is 0 Å². The standard InChI is InChI=1S/C39H23N5/c1-41-36-21-26(25-40)20-35(24-36)34-19-18-32-22-31(16-17-33(32)23-34)27-12-14-30(15-13-27)39-43-37(28-8-4-2-5-9-28)42-38(44-39)29-10-6-3-7-11-29/h2-24H. The lowest BCUT2D eigenvalue weighted by atomic mass is 9.96. The summed E-state index contributed by atoms with van der Waals surface area (Å²) in [5.41, 5.74) is 7.75. The molecule has 5 nitrogen and oxygen atoms in total. The Bertz CT molecular complexity index is 2140. The van der Waals surface area contributed by atoms with Crippen molar-refractivity contribution in [2.75, 3.05) is 0 Å². The monoisotopic (exact) mass is 561 g/mol. The summed E-state index contributed by atoms with van der Waals surface area (Å²) in [6.07, 6.45) is 0. The smallest absolute Gasteiger partial charge is 0.189 e. The van der Waals surface area contributed by atoms with Crippen LogP contribution in [0.25, 0.3) is 72.0 Å². The van der Waals surface area contributed by atoms with Gasteiger partial charge in [-0.2, -0.15) is 5.26 Å². The zero-order valence-corrected chi connectivity index (χ0v) is 23.5. The molecule has 0 spiro atoms. The van der Waals surface area contributed by atoms with Gasteiger partial charge in [-0.25, -0.2) is 19.8 Å². The van der Waals surface area contributed by atoms with Gasteiger partial charge in [0.1, 0.15) is 0 Å². The summed E-state index contributed by atoms with van der Waals surface area (Å²) >= 11 is 0. The van der Waals surface area contributed by atoms with Gasteiger partial charge in [0.05, 0.1) is 12.6 Å². The fourth-order valence-corrected chi connectivity index (χ4v) is 5.26. The summed E-state index contributed by atoms with van der Waals surface area (Å²) in [6, 6.07) is 48.3. The second kappa shape index (κ2) is 11.4. The van der Waals surface area contributed by atoms with Crippen molar-refractivity contribution in [3.8, 4) is 62.5 Å². The Morgan fingerprint density at radius 1 is 0.455 bits per heavy atom. The van der Waals surface area contributed by atoms with Gasteiger partial charge in [0.25, 0.3) is 0 Å². The molecule has 0 fully saturated rings. The SMILES string of the molecule is [C-]#[N+]c1cc(C#N)cc(-c2ccc3cc(-c4ccc(-c5nc(-c6ccccc6)nc(-c6ccccc6)n5)cc4)ccc3c2)c1. The number of hydrogen-bond donors (Lipinski definition) is 0. The van der Waals surface area contributed by atoms with Crippen LogP contribution in [-0.4, -0.2) is 15.0 Å². The molecule has 0 N–H and O–H groups in total. The molecule has 0 saturated heterocycles. The molecule has 0 amide bonds. The Morgan fingerprint density at radius 2 is 0.909 bits per heavy atom. The van der Waals surface area contributed by atoms with Crippen molar-refractivity contribution in [2.24, 2.45) is 0 Å². The molecule has 7 aromatic rings. The first-order chi connectivity index (χ1) is 21.7. The molecule has 7 rings (SSSR count). The molecule has 204 valence electrons. The van der Waals surface area contributed by atoms with Gasteiger partial charge in [-0.05, 0) is 63.4 Å². The van der Waals surface area contributed by atoms with Crippen molar-refractivity contribution in [2.45, 2.75) is 0 Å². The number of aromatic nitrogens is 3. The molecule has 0 bridgehead atoms. The van der Waals surface area contributed by atoms with Crippen LogP contribution in [0, 0.1) is 17.9 Å². The molecular formula is C39H23N5. The van der Waals surface area contributed by atoms with Crippen LogP contribution in [0.5, 0.6) is 0 Å². The average Bonchev–Trinajstić information content (AvgIpc) is 3.11. The van der Waals surface area contributed by atoms with E-state index in [0.29, 0.717) is 28.7 Å². The first kappa shape index (κ1) is 26.5. The lowest BCUT2D eigenvalue weighted by molar-refractivity contribution is 1.07. The third-order valence-electron chi connectivity index (χ3n) is 7.53. The van der Waals surface area contributed by atoms with E-state index in [0.717, 1.165) is 49.7 Å². The van der Waals surface area contributed by atoms with Crippen LogP contribution >= 0.6 is 0 Å². The van der Waals surface area contributed by atoms with Crippen molar-refractivity contribution < 1.29 is 0 Å². The van der Waals surface area contributed by atoms with Gasteiger partial charge in [-0.1, -0.05) is 109 Å². The van der Waals surface area contributed by atoms with Crippen molar-refractivity contribution in [3.05, 3.63) is 157 Å². The summed E-state index contributed by atoms with van der Waals surface area (Å²) in [6.45, 7) is 7.37. The molecule has 5 heteroatoms. The van der Waals surface area contributed by atoms with E-state index in [9.17, 15) is 5.26 Å². The molecule has 0 radical (unpaired) electrons. The fourth-order valence-electron chi connectivity index (χ4n) is 5.26. The number of nitrogens with zero attached hydrogens (tertiary/aromatic N) is 5. The van der Waals surface area contributed by atoms with E-state index in [2.05, 4.69) is 65.5 Å². The largest absolute Gasteiger partial charge is 0.238 e. The van der Waals surface area contributed by atoms with Crippen LogP contribution in [0.4, 0.5) is 5.69 Å². The molecule has 1 heterocycles. The Kier molecular flexibility index (Phi) is 6.89. The van der Waals surface area contributed by atoms with Gasteiger partial charge in [-0.3, -0.25) is 0 Å². The van der Waals surface area contributed by atoms with E-state index in [1.165, 1.54) is 0 Å². The Labute approximate surface area is 255 Å². The van der Waals surface area contributed by atoms with Gasteiger partial charge in [-0.15, -0.1) is 0 Å². The van der Waals surface area contributed by atoms with Crippen LogP contribution in [0.15, 0.2) is 140 Å². The maximum atomic E-state index is 9.38. The zero-order chi connectivity index (χ0) is 29.9. The van der Waals surface area contributed by atoms with E-state index >= 15 is 0 Å². The number of fused-ring (bicyclic) bond motifs is 1. The summed E-state index contributed by atoms with van der Waals surface area (Å²) in [7, 11) is 0. The zero-order valence-electron chi connectivity index (χ0n) is 23.5. The normalized spacial score (nSPS) is 10.7. The molecule has 0 atom stereocenters.